The summed E-state index contributed by atoms with van der Waals surface area (Å²) in [5, 5.41) is 10.3. The lowest BCUT2D eigenvalue weighted by molar-refractivity contribution is -0.870. The summed E-state index contributed by atoms with van der Waals surface area (Å²) in [6.07, 6.45) is 29.2. The van der Waals surface area contributed by atoms with Crippen LogP contribution in [0.4, 0.5) is 0 Å². The van der Waals surface area contributed by atoms with Crippen LogP contribution in [0.3, 0.4) is 0 Å². The van der Waals surface area contributed by atoms with Gasteiger partial charge in [0.2, 0.25) is 0 Å². The summed E-state index contributed by atoms with van der Waals surface area (Å²) in [4.78, 5) is 37.7. The van der Waals surface area contributed by atoms with Crippen LogP contribution < -0.4 is 4.89 Å². The van der Waals surface area contributed by atoms with Crippen LogP contribution in [0.1, 0.15) is 158 Å². The molecule has 0 radical (unpaired) electrons. The zero-order chi connectivity index (χ0) is 43.1. The number of rotatable bonds is 36. The molecule has 1 aromatic rings. The van der Waals surface area contributed by atoms with E-state index in [0.29, 0.717) is 30.3 Å². The van der Waals surface area contributed by atoms with Gasteiger partial charge < -0.3 is 37.4 Å². The van der Waals surface area contributed by atoms with Gasteiger partial charge in [-0.05, 0) is 76.3 Å². The Labute approximate surface area is 351 Å². The van der Waals surface area contributed by atoms with Crippen LogP contribution in [0.15, 0.2) is 40.9 Å². The monoisotopic (exact) mass is 838 g/mol. The van der Waals surface area contributed by atoms with Gasteiger partial charge in [0.1, 0.15) is 31.3 Å². The molecule has 3 atom stereocenters. The highest BCUT2D eigenvalue weighted by Gasteiger charge is 2.22. The van der Waals surface area contributed by atoms with E-state index in [1.54, 1.807) is 12.2 Å². The van der Waals surface area contributed by atoms with Crippen LogP contribution in [0.5, 0.6) is 0 Å². The number of carbonyl (C=O) groups excluding carboxylic acids is 2. The van der Waals surface area contributed by atoms with Gasteiger partial charge in [-0.15, -0.1) is 0 Å². The fourth-order valence-corrected chi connectivity index (χ4v) is 6.91. The molecule has 0 spiro atoms. The molecular formula is C46H80NO10P. The molecule has 0 aliphatic carbocycles. The van der Waals surface area contributed by atoms with E-state index in [1.807, 2.05) is 33.3 Å². The summed E-state index contributed by atoms with van der Waals surface area (Å²) >= 11 is 0. The number of aryl methyl sites for hydroxylation is 2. The van der Waals surface area contributed by atoms with Gasteiger partial charge in [0.15, 0.2) is 6.10 Å². The van der Waals surface area contributed by atoms with E-state index in [9.17, 15) is 24.2 Å². The predicted octanol–water partition coefficient (Wildman–Crippen LogP) is 10.1. The van der Waals surface area contributed by atoms with Gasteiger partial charge in [-0.25, -0.2) is 0 Å². The SMILES string of the molecule is CCCCCCCC/C=C/C/C=C/C=C/C(O)CCCC(=O)O[C@H](COC(=O)CCCCCCCCc1oc(CCC)c(C)c1C)COP(=O)([O-])OCC[N+](C)(C)C. The van der Waals surface area contributed by atoms with Crippen LogP contribution >= 0.6 is 7.82 Å². The fourth-order valence-electron chi connectivity index (χ4n) is 6.18. The molecule has 0 saturated heterocycles. The van der Waals surface area contributed by atoms with Crippen molar-refractivity contribution < 1.29 is 51.6 Å². The maximum Gasteiger partial charge on any atom is 0.306 e. The Balaban J connectivity index is 2.45. The van der Waals surface area contributed by atoms with Crippen molar-refractivity contribution in [2.75, 3.05) is 47.5 Å². The van der Waals surface area contributed by atoms with Crippen LogP contribution in [0.2, 0.25) is 0 Å². The minimum Gasteiger partial charge on any atom is -0.756 e. The highest BCUT2D eigenvalue weighted by molar-refractivity contribution is 7.45. The number of ether oxygens (including phenoxy) is 2. The lowest BCUT2D eigenvalue weighted by Gasteiger charge is -2.28. The first-order chi connectivity index (χ1) is 27.7. The number of aliphatic hydroxyl groups excluding tert-OH is 1. The second-order valence-electron chi connectivity index (χ2n) is 16.5. The number of nitrogens with zero attached hydrogens (tertiary/aromatic N) is 1. The number of phosphoric ester groups is 1. The Morgan fingerprint density at radius 1 is 0.759 bits per heavy atom. The highest BCUT2D eigenvalue weighted by Crippen LogP contribution is 2.38. The number of allylic oxidation sites excluding steroid dienone is 5. The maximum absolute atomic E-state index is 12.7. The molecule has 0 bridgehead atoms. The van der Waals surface area contributed by atoms with Crippen molar-refractivity contribution in [1.29, 1.82) is 0 Å². The molecule has 0 saturated carbocycles. The van der Waals surface area contributed by atoms with E-state index in [4.69, 9.17) is 22.9 Å². The van der Waals surface area contributed by atoms with Gasteiger partial charge in [0.05, 0.1) is 33.9 Å². The Kier molecular flexibility index (Phi) is 29.8. The minimum atomic E-state index is -4.69. The average Bonchev–Trinajstić information content (AvgIpc) is 3.42. The summed E-state index contributed by atoms with van der Waals surface area (Å²) in [6.45, 7) is 8.14. The smallest absolute Gasteiger partial charge is 0.306 e. The second kappa shape index (κ2) is 32.3. The van der Waals surface area contributed by atoms with Crippen molar-refractivity contribution in [1.82, 2.24) is 0 Å². The van der Waals surface area contributed by atoms with Crippen molar-refractivity contribution in [2.45, 2.75) is 175 Å². The average molecular weight is 838 g/mol. The number of hydrogen-bond donors (Lipinski definition) is 1. The van der Waals surface area contributed by atoms with Gasteiger partial charge in [-0.3, -0.25) is 14.2 Å². The van der Waals surface area contributed by atoms with Crippen molar-refractivity contribution in [3.05, 3.63) is 59.1 Å². The molecule has 0 aromatic carbocycles. The minimum absolute atomic E-state index is 0.00965. The Morgan fingerprint density at radius 2 is 1.40 bits per heavy atom. The topological polar surface area (TPSA) is 145 Å². The van der Waals surface area contributed by atoms with E-state index in [2.05, 4.69) is 39.8 Å². The summed E-state index contributed by atoms with van der Waals surface area (Å²) in [5.74, 6) is 1.15. The molecule has 1 rings (SSSR count). The third-order valence-electron chi connectivity index (χ3n) is 9.94. The Morgan fingerprint density at radius 3 is 2.09 bits per heavy atom. The van der Waals surface area contributed by atoms with Crippen LogP contribution in [0, 0.1) is 13.8 Å². The lowest BCUT2D eigenvalue weighted by atomic mass is 10.0. The van der Waals surface area contributed by atoms with E-state index in [1.165, 1.54) is 49.7 Å². The first-order valence-corrected chi connectivity index (χ1v) is 23.6. The Hall–Kier alpha value is -2.53. The van der Waals surface area contributed by atoms with Crippen molar-refractivity contribution >= 4 is 19.8 Å². The number of likely N-dealkylation sites (N-methyl/N-ethyl adjacent to an activating group) is 1. The number of carbonyl (C=O) groups is 2. The molecule has 12 heteroatoms. The van der Waals surface area contributed by atoms with E-state index >= 15 is 0 Å². The summed E-state index contributed by atoms with van der Waals surface area (Å²) in [6, 6.07) is 0. The number of furan rings is 1. The molecule has 1 N–H and O–H groups in total. The maximum atomic E-state index is 12.7. The number of quaternary nitrogens is 1. The first kappa shape index (κ1) is 53.5. The van der Waals surface area contributed by atoms with Gasteiger partial charge in [0, 0.05) is 25.7 Å². The molecule has 1 aromatic heterocycles. The first-order valence-electron chi connectivity index (χ1n) is 22.2. The number of esters is 2. The normalized spacial score (nSPS) is 14.4. The third-order valence-corrected chi connectivity index (χ3v) is 10.9. The largest absolute Gasteiger partial charge is 0.756 e. The third kappa shape index (κ3) is 28.8. The van der Waals surface area contributed by atoms with Gasteiger partial charge in [-0.1, -0.05) is 108 Å². The molecular weight excluding hydrogens is 757 g/mol. The van der Waals surface area contributed by atoms with Crippen molar-refractivity contribution in [2.24, 2.45) is 0 Å². The summed E-state index contributed by atoms with van der Waals surface area (Å²) in [7, 11) is 1.02. The zero-order valence-electron chi connectivity index (χ0n) is 37.3. The zero-order valence-corrected chi connectivity index (χ0v) is 38.2. The lowest BCUT2D eigenvalue weighted by Crippen LogP contribution is -2.37. The standard InChI is InChI=1S/C46H80NO10P/c1-8-10-11-12-13-14-15-16-17-18-19-22-25-30-41(48)31-28-34-46(50)56-42(38-55-58(51,52)54-36-35-47(5,6)7)37-53-45(49)33-27-24-21-20-23-26-32-44-40(4)39(3)43(57-44)29-9-2/h16-17,19,22,25,30,41-42,48H,8-15,18,20-21,23-24,26-29,31-38H2,1-7H3/b17-16+,22-19+,30-25+/t41?,42-/m1/s1. The van der Waals surface area contributed by atoms with Crippen LogP contribution in [-0.4, -0.2) is 81.2 Å². The van der Waals surface area contributed by atoms with E-state index in [-0.39, 0.29) is 26.1 Å². The highest BCUT2D eigenvalue weighted by atomic mass is 31.2. The molecule has 11 nitrogen and oxygen atoms in total. The molecule has 334 valence electrons. The van der Waals surface area contributed by atoms with Gasteiger partial charge in [-0.2, -0.15) is 0 Å². The summed E-state index contributed by atoms with van der Waals surface area (Å²) < 4.78 is 39.9. The molecule has 1 heterocycles. The summed E-state index contributed by atoms with van der Waals surface area (Å²) in [5.41, 5.74) is 2.55. The molecule has 0 aliphatic heterocycles. The molecule has 58 heavy (non-hydrogen) atoms. The van der Waals surface area contributed by atoms with Gasteiger partial charge >= 0.3 is 11.9 Å². The number of hydrogen-bond acceptors (Lipinski definition) is 10. The van der Waals surface area contributed by atoms with Crippen molar-refractivity contribution in [3.63, 3.8) is 0 Å². The fraction of sp³-hybridized carbons (Fsp3) is 0.739. The molecule has 0 fully saturated rings. The number of aliphatic hydroxyl groups is 1. The molecule has 0 amide bonds. The van der Waals surface area contributed by atoms with E-state index < -0.39 is 38.6 Å². The number of phosphoric acid groups is 1. The number of unbranched alkanes of at least 4 members (excludes halogenated alkanes) is 11. The van der Waals surface area contributed by atoms with Crippen LogP contribution in [0.25, 0.3) is 0 Å². The second-order valence-corrected chi connectivity index (χ2v) is 17.9. The van der Waals surface area contributed by atoms with Crippen molar-refractivity contribution in [3.8, 4) is 0 Å². The predicted molar refractivity (Wildman–Crippen MR) is 231 cm³/mol. The Bertz CT molecular complexity index is 1380. The van der Waals surface area contributed by atoms with Crippen LogP contribution in [-0.2, 0) is 45.5 Å². The van der Waals surface area contributed by atoms with Gasteiger partial charge in [0.25, 0.3) is 7.82 Å². The molecule has 2 unspecified atom stereocenters. The quantitative estimate of drug-likeness (QED) is 0.0173. The molecule has 0 aliphatic rings. The van der Waals surface area contributed by atoms with E-state index in [0.717, 1.165) is 75.7 Å².